The van der Waals surface area contributed by atoms with Gasteiger partial charge in [-0.15, -0.1) is 0 Å². The summed E-state index contributed by atoms with van der Waals surface area (Å²) in [4.78, 5) is 25.7. The van der Waals surface area contributed by atoms with Gasteiger partial charge in [0.15, 0.2) is 0 Å². The minimum Gasteiger partial charge on any atom is -0.465 e. The van der Waals surface area contributed by atoms with Gasteiger partial charge < -0.3 is 9.64 Å². The van der Waals surface area contributed by atoms with E-state index in [1.165, 1.54) is 4.90 Å². The molecule has 0 N–H and O–H groups in total. The number of esters is 1. The Morgan fingerprint density at radius 2 is 2.05 bits per heavy atom. The van der Waals surface area contributed by atoms with Crippen LogP contribution in [0.4, 0.5) is 0 Å². The van der Waals surface area contributed by atoms with Crippen LogP contribution in [0, 0.1) is 3.57 Å². The Balaban J connectivity index is 2.99. The zero-order chi connectivity index (χ0) is 15.3. The quantitative estimate of drug-likeness (QED) is 0.506. The number of rotatable bonds is 5. The lowest BCUT2D eigenvalue weighted by atomic mass is 10.1. The second-order valence-corrected chi connectivity index (χ2v) is 6.56. The smallest absolute Gasteiger partial charge is 0.325 e. The highest BCUT2D eigenvalue weighted by atomic mass is 127. The fourth-order valence-corrected chi connectivity index (χ4v) is 2.56. The van der Waals surface area contributed by atoms with Crippen LogP contribution in [0.3, 0.4) is 0 Å². The summed E-state index contributed by atoms with van der Waals surface area (Å²) in [6, 6.07) is 5.45. The molecule has 0 spiro atoms. The Bertz CT molecular complexity index is 505. The first-order valence-electron chi connectivity index (χ1n) is 6.28. The first-order valence-corrected chi connectivity index (χ1v) is 8.15. The third kappa shape index (κ3) is 4.73. The number of carbonyl (C=O) groups is 2. The minimum atomic E-state index is -0.392. The van der Waals surface area contributed by atoms with Crippen molar-refractivity contribution in [3.63, 3.8) is 0 Å². The van der Waals surface area contributed by atoms with Crippen molar-refractivity contribution in [2.75, 3.05) is 13.2 Å². The van der Waals surface area contributed by atoms with Gasteiger partial charge in [-0.3, -0.25) is 9.59 Å². The summed E-state index contributed by atoms with van der Waals surface area (Å²) >= 11 is 5.53. The maximum Gasteiger partial charge on any atom is 0.325 e. The van der Waals surface area contributed by atoms with Gasteiger partial charge in [0.25, 0.3) is 5.91 Å². The Morgan fingerprint density at radius 3 is 2.60 bits per heavy atom. The van der Waals surface area contributed by atoms with E-state index in [1.807, 2.05) is 26.0 Å². The van der Waals surface area contributed by atoms with Crippen LogP contribution in [-0.2, 0) is 9.53 Å². The molecular weight excluding hydrogens is 437 g/mol. The maximum atomic E-state index is 12.6. The standard InChI is InChI=1S/C14H17BrINO3/c1-4-20-13(18)8-17(9(2)3)14(19)11-7-10(16)5-6-12(11)15/h5-7,9H,4,8H2,1-3H3. The molecule has 0 unspecified atom stereocenters. The minimum absolute atomic E-state index is 0.0394. The van der Waals surface area contributed by atoms with Gasteiger partial charge in [-0.25, -0.2) is 0 Å². The molecule has 1 amide bonds. The Labute approximate surface area is 141 Å². The summed E-state index contributed by atoms with van der Waals surface area (Å²) in [5.74, 6) is -0.574. The first-order chi connectivity index (χ1) is 9.36. The van der Waals surface area contributed by atoms with Crippen LogP contribution in [0.25, 0.3) is 0 Å². The van der Waals surface area contributed by atoms with Crippen LogP contribution in [0.15, 0.2) is 22.7 Å². The number of carbonyl (C=O) groups excluding carboxylic acids is 2. The molecule has 0 aromatic heterocycles. The van der Waals surface area contributed by atoms with E-state index < -0.39 is 5.97 Å². The molecule has 0 saturated carbocycles. The molecule has 1 rings (SSSR count). The first kappa shape index (κ1) is 17.4. The van der Waals surface area contributed by atoms with Crippen molar-refractivity contribution in [3.05, 3.63) is 31.8 Å². The summed E-state index contributed by atoms with van der Waals surface area (Å²) in [6.07, 6.45) is 0. The molecule has 0 bridgehead atoms. The zero-order valence-electron chi connectivity index (χ0n) is 11.7. The number of nitrogens with zero attached hydrogens (tertiary/aromatic N) is 1. The molecule has 0 radical (unpaired) electrons. The van der Waals surface area contributed by atoms with Crippen LogP contribution in [0.2, 0.25) is 0 Å². The van der Waals surface area contributed by atoms with Gasteiger partial charge in [0.2, 0.25) is 0 Å². The van der Waals surface area contributed by atoms with E-state index >= 15 is 0 Å². The lowest BCUT2D eigenvalue weighted by Crippen LogP contribution is -2.41. The molecule has 0 aliphatic rings. The van der Waals surface area contributed by atoms with E-state index in [0.717, 1.165) is 8.04 Å². The number of halogens is 2. The van der Waals surface area contributed by atoms with E-state index in [4.69, 9.17) is 4.74 Å². The lowest BCUT2D eigenvalue weighted by Gasteiger charge is -2.26. The van der Waals surface area contributed by atoms with Gasteiger partial charge in [-0.05, 0) is 77.5 Å². The monoisotopic (exact) mass is 453 g/mol. The molecular formula is C14H17BrINO3. The molecule has 0 saturated heterocycles. The fraction of sp³-hybridized carbons (Fsp3) is 0.429. The highest BCUT2D eigenvalue weighted by Crippen LogP contribution is 2.22. The van der Waals surface area contributed by atoms with E-state index in [1.54, 1.807) is 13.0 Å². The fourth-order valence-electron chi connectivity index (χ4n) is 1.65. The largest absolute Gasteiger partial charge is 0.465 e. The molecule has 0 aliphatic heterocycles. The number of ether oxygens (including phenoxy) is 1. The number of hydrogen-bond acceptors (Lipinski definition) is 3. The predicted octanol–water partition coefficient (Wildman–Crippen LogP) is 3.47. The van der Waals surface area contributed by atoms with Gasteiger partial charge in [0.05, 0.1) is 12.2 Å². The van der Waals surface area contributed by atoms with E-state index in [0.29, 0.717) is 12.2 Å². The summed E-state index contributed by atoms with van der Waals surface area (Å²) < 4.78 is 6.60. The van der Waals surface area contributed by atoms with Crippen molar-refractivity contribution in [1.29, 1.82) is 0 Å². The topological polar surface area (TPSA) is 46.6 Å². The molecule has 0 atom stereocenters. The molecule has 0 heterocycles. The zero-order valence-corrected chi connectivity index (χ0v) is 15.4. The van der Waals surface area contributed by atoms with Crippen molar-refractivity contribution in [3.8, 4) is 0 Å². The third-order valence-corrected chi connectivity index (χ3v) is 4.01. The molecule has 1 aromatic rings. The molecule has 6 heteroatoms. The molecule has 1 aromatic carbocycles. The molecule has 20 heavy (non-hydrogen) atoms. The van der Waals surface area contributed by atoms with Gasteiger partial charge in [0.1, 0.15) is 6.54 Å². The van der Waals surface area contributed by atoms with E-state index in [2.05, 4.69) is 38.5 Å². The average molecular weight is 454 g/mol. The van der Waals surface area contributed by atoms with Gasteiger partial charge in [-0.1, -0.05) is 0 Å². The van der Waals surface area contributed by atoms with Gasteiger partial charge >= 0.3 is 5.97 Å². The lowest BCUT2D eigenvalue weighted by molar-refractivity contribution is -0.144. The van der Waals surface area contributed by atoms with Crippen LogP contribution < -0.4 is 0 Å². The highest BCUT2D eigenvalue weighted by Gasteiger charge is 2.23. The summed E-state index contributed by atoms with van der Waals surface area (Å²) in [6.45, 7) is 5.77. The Hall–Kier alpha value is -0.630. The normalized spacial score (nSPS) is 10.5. The van der Waals surface area contributed by atoms with Crippen molar-refractivity contribution in [2.24, 2.45) is 0 Å². The van der Waals surface area contributed by atoms with Crippen molar-refractivity contribution >= 4 is 50.4 Å². The van der Waals surface area contributed by atoms with Crippen molar-refractivity contribution in [2.45, 2.75) is 26.8 Å². The second-order valence-electron chi connectivity index (χ2n) is 4.46. The highest BCUT2D eigenvalue weighted by molar-refractivity contribution is 14.1. The summed E-state index contributed by atoms with van der Waals surface area (Å²) in [5.41, 5.74) is 0.551. The third-order valence-electron chi connectivity index (χ3n) is 2.65. The van der Waals surface area contributed by atoms with Crippen molar-refractivity contribution in [1.82, 2.24) is 4.90 Å². The molecule has 4 nitrogen and oxygen atoms in total. The van der Waals surface area contributed by atoms with Crippen LogP contribution in [0.1, 0.15) is 31.1 Å². The van der Waals surface area contributed by atoms with Crippen LogP contribution >= 0.6 is 38.5 Å². The van der Waals surface area contributed by atoms with E-state index in [9.17, 15) is 9.59 Å². The maximum absolute atomic E-state index is 12.6. The second kappa shape index (κ2) is 7.97. The molecule has 0 aliphatic carbocycles. The molecule has 0 fully saturated rings. The Morgan fingerprint density at radius 1 is 1.40 bits per heavy atom. The number of hydrogen-bond donors (Lipinski definition) is 0. The SMILES string of the molecule is CCOC(=O)CN(C(=O)c1cc(I)ccc1Br)C(C)C. The average Bonchev–Trinajstić information content (AvgIpc) is 2.38. The number of amides is 1. The molecule has 110 valence electrons. The van der Waals surface area contributed by atoms with Crippen LogP contribution in [0.5, 0.6) is 0 Å². The van der Waals surface area contributed by atoms with Crippen molar-refractivity contribution < 1.29 is 14.3 Å². The predicted molar refractivity (Wildman–Crippen MR) is 89.7 cm³/mol. The van der Waals surface area contributed by atoms with Gasteiger partial charge in [-0.2, -0.15) is 0 Å². The summed E-state index contributed by atoms with van der Waals surface area (Å²) in [7, 11) is 0. The van der Waals surface area contributed by atoms with Gasteiger partial charge in [0, 0.05) is 14.1 Å². The number of benzene rings is 1. The Kier molecular flexibility index (Phi) is 6.94. The summed E-state index contributed by atoms with van der Waals surface area (Å²) in [5, 5.41) is 0. The van der Waals surface area contributed by atoms with E-state index in [-0.39, 0.29) is 18.5 Å². The van der Waals surface area contributed by atoms with Crippen LogP contribution in [-0.4, -0.2) is 36.0 Å².